The topological polar surface area (TPSA) is 32.3 Å². The van der Waals surface area contributed by atoms with Gasteiger partial charge in [-0.3, -0.25) is 9.69 Å². The molecule has 0 bridgehead atoms. The Hall–Kier alpha value is -2.27. The van der Waals surface area contributed by atoms with E-state index in [1.165, 1.54) is 17.2 Å². The molecule has 0 saturated carbocycles. The largest absolute Gasteiger partial charge is 0.351 e. The van der Waals surface area contributed by atoms with Crippen LogP contribution in [0.15, 0.2) is 42.5 Å². The van der Waals surface area contributed by atoms with Gasteiger partial charge in [0.2, 0.25) is 0 Å². The number of carbonyl (C=O) groups is 1. The fourth-order valence-electron chi connectivity index (χ4n) is 2.88. The molecule has 0 aliphatic carbocycles. The molecule has 1 aliphatic heterocycles. The first-order valence-electron chi connectivity index (χ1n) is 7.66. The van der Waals surface area contributed by atoms with Crippen LogP contribution in [0.4, 0.5) is 8.78 Å². The Morgan fingerprint density at radius 2 is 1.74 bits per heavy atom. The molecule has 0 aromatic heterocycles. The summed E-state index contributed by atoms with van der Waals surface area (Å²) >= 11 is 0. The Morgan fingerprint density at radius 1 is 1.04 bits per heavy atom. The molecule has 1 N–H and O–H groups in total. The predicted molar refractivity (Wildman–Crippen MR) is 84.1 cm³/mol. The van der Waals surface area contributed by atoms with E-state index in [0.29, 0.717) is 13.1 Å². The van der Waals surface area contributed by atoms with Gasteiger partial charge in [0.25, 0.3) is 5.91 Å². The third kappa shape index (κ3) is 3.56. The summed E-state index contributed by atoms with van der Waals surface area (Å²) in [4.78, 5) is 14.1. The summed E-state index contributed by atoms with van der Waals surface area (Å²) in [7, 11) is 0. The first-order chi connectivity index (χ1) is 11.1. The van der Waals surface area contributed by atoms with Crippen LogP contribution in [0.2, 0.25) is 0 Å². The quantitative estimate of drug-likeness (QED) is 0.941. The summed E-state index contributed by atoms with van der Waals surface area (Å²) in [6.07, 6.45) is 0.978. The molecule has 1 heterocycles. The molecule has 2 aromatic rings. The number of benzene rings is 2. The average Bonchev–Trinajstić information content (AvgIpc) is 2.54. The Bertz CT molecular complexity index is 698. The van der Waals surface area contributed by atoms with Crippen molar-refractivity contribution in [2.45, 2.75) is 13.0 Å². The minimum absolute atomic E-state index is 0.356. The van der Waals surface area contributed by atoms with E-state index in [4.69, 9.17) is 0 Å². The molecule has 0 saturated heterocycles. The van der Waals surface area contributed by atoms with Gasteiger partial charge in [-0.25, -0.2) is 8.78 Å². The Balaban J connectivity index is 1.53. The van der Waals surface area contributed by atoms with Gasteiger partial charge in [0.05, 0.1) is 0 Å². The molecule has 0 fully saturated rings. The molecule has 0 unspecified atom stereocenters. The molecule has 2 aromatic carbocycles. The van der Waals surface area contributed by atoms with E-state index < -0.39 is 23.1 Å². The number of hydrogen-bond donors (Lipinski definition) is 1. The fraction of sp³-hybridized carbons (Fsp3) is 0.278. The maximum atomic E-state index is 13.5. The zero-order valence-corrected chi connectivity index (χ0v) is 12.7. The van der Waals surface area contributed by atoms with Crippen molar-refractivity contribution in [3.63, 3.8) is 0 Å². The first kappa shape index (κ1) is 15.6. The summed E-state index contributed by atoms with van der Waals surface area (Å²) in [6, 6.07) is 11.7. The molecule has 0 atom stereocenters. The lowest BCUT2D eigenvalue weighted by Gasteiger charge is -2.28. The monoisotopic (exact) mass is 316 g/mol. The lowest BCUT2D eigenvalue weighted by molar-refractivity contribution is 0.0939. The predicted octanol–water partition coefficient (Wildman–Crippen LogP) is 2.75. The van der Waals surface area contributed by atoms with Crippen molar-refractivity contribution in [3.05, 3.63) is 70.8 Å². The smallest absolute Gasteiger partial charge is 0.257 e. The zero-order chi connectivity index (χ0) is 16.2. The number of nitrogens with zero attached hydrogens (tertiary/aromatic N) is 1. The third-order valence-electron chi connectivity index (χ3n) is 4.11. The molecule has 120 valence electrons. The van der Waals surface area contributed by atoms with Crippen LogP contribution in [0.25, 0.3) is 0 Å². The lowest BCUT2D eigenvalue weighted by atomic mass is 10.00. The van der Waals surface area contributed by atoms with Gasteiger partial charge < -0.3 is 5.32 Å². The Kier molecular flexibility index (Phi) is 4.67. The average molecular weight is 316 g/mol. The number of fused-ring (bicyclic) bond motifs is 1. The second-order valence-corrected chi connectivity index (χ2v) is 5.65. The first-order valence-corrected chi connectivity index (χ1v) is 7.66. The molecule has 0 spiro atoms. The minimum atomic E-state index is -0.839. The van der Waals surface area contributed by atoms with Crippen molar-refractivity contribution in [3.8, 4) is 0 Å². The van der Waals surface area contributed by atoms with Crippen LogP contribution < -0.4 is 5.32 Å². The second-order valence-electron chi connectivity index (χ2n) is 5.65. The van der Waals surface area contributed by atoms with Gasteiger partial charge in [0.15, 0.2) is 0 Å². The van der Waals surface area contributed by atoms with Crippen molar-refractivity contribution in [2.24, 2.45) is 0 Å². The maximum absolute atomic E-state index is 13.5. The second kappa shape index (κ2) is 6.87. The molecule has 5 heteroatoms. The summed E-state index contributed by atoms with van der Waals surface area (Å²) < 4.78 is 27.1. The number of hydrogen-bond acceptors (Lipinski definition) is 2. The van der Waals surface area contributed by atoms with Gasteiger partial charge in [-0.15, -0.1) is 0 Å². The van der Waals surface area contributed by atoms with Crippen LogP contribution in [-0.2, 0) is 13.0 Å². The highest BCUT2D eigenvalue weighted by Gasteiger charge is 2.18. The highest BCUT2D eigenvalue weighted by Crippen LogP contribution is 2.18. The van der Waals surface area contributed by atoms with Crippen LogP contribution in [0.5, 0.6) is 0 Å². The molecule has 1 amide bonds. The number of amides is 1. The molecule has 23 heavy (non-hydrogen) atoms. The van der Waals surface area contributed by atoms with Crippen molar-refractivity contribution < 1.29 is 13.6 Å². The molecule has 3 nitrogen and oxygen atoms in total. The summed E-state index contributed by atoms with van der Waals surface area (Å²) in [5.74, 6) is -2.39. The number of nitrogens with one attached hydrogen (secondary N) is 1. The normalized spacial score (nSPS) is 14.3. The highest BCUT2D eigenvalue weighted by molar-refractivity contribution is 5.94. The van der Waals surface area contributed by atoms with E-state index in [1.807, 2.05) is 12.1 Å². The molecule has 1 aliphatic rings. The lowest BCUT2D eigenvalue weighted by Crippen LogP contribution is -2.38. The summed E-state index contributed by atoms with van der Waals surface area (Å²) in [5.41, 5.74) is 2.14. The standard InChI is InChI=1S/C18H18F2N2O/c19-15-6-3-7-16(20)17(15)18(23)21-9-11-22-10-8-13-4-1-2-5-14(13)12-22/h1-7H,8-12H2,(H,21,23). The van der Waals surface area contributed by atoms with Crippen molar-refractivity contribution in [1.29, 1.82) is 0 Å². The zero-order valence-electron chi connectivity index (χ0n) is 12.7. The molecular formula is C18H18F2N2O. The van der Waals surface area contributed by atoms with Crippen molar-refractivity contribution in [2.75, 3.05) is 19.6 Å². The SMILES string of the molecule is O=C(NCCN1CCc2ccccc2C1)c1c(F)cccc1F. The van der Waals surface area contributed by atoms with Gasteiger partial charge in [-0.05, 0) is 29.7 Å². The van der Waals surface area contributed by atoms with Crippen molar-refractivity contribution >= 4 is 5.91 Å². The summed E-state index contributed by atoms with van der Waals surface area (Å²) in [5, 5.41) is 2.59. The number of carbonyl (C=O) groups excluding carboxylic acids is 1. The van der Waals surface area contributed by atoms with Gasteiger partial charge in [0, 0.05) is 26.2 Å². The van der Waals surface area contributed by atoms with Crippen molar-refractivity contribution in [1.82, 2.24) is 10.2 Å². The van der Waals surface area contributed by atoms with Crippen LogP contribution in [0.3, 0.4) is 0 Å². The van der Waals surface area contributed by atoms with E-state index in [0.717, 1.165) is 31.6 Å². The van der Waals surface area contributed by atoms with E-state index in [9.17, 15) is 13.6 Å². The van der Waals surface area contributed by atoms with Crippen LogP contribution in [0.1, 0.15) is 21.5 Å². The number of halogens is 2. The molecule has 3 rings (SSSR count). The van der Waals surface area contributed by atoms with Crippen LogP contribution in [-0.4, -0.2) is 30.4 Å². The third-order valence-corrected chi connectivity index (χ3v) is 4.11. The Labute approximate surface area is 133 Å². The minimum Gasteiger partial charge on any atom is -0.351 e. The highest BCUT2D eigenvalue weighted by atomic mass is 19.1. The Morgan fingerprint density at radius 3 is 2.48 bits per heavy atom. The van der Waals surface area contributed by atoms with Gasteiger partial charge >= 0.3 is 0 Å². The van der Waals surface area contributed by atoms with E-state index >= 15 is 0 Å². The maximum Gasteiger partial charge on any atom is 0.257 e. The number of rotatable bonds is 4. The fourth-order valence-corrected chi connectivity index (χ4v) is 2.88. The molecule has 0 radical (unpaired) electrons. The van der Waals surface area contributed by atoms with Gasteiger partial charge in [-0.1, -0.05) is 30.3 Å². The van der Waals surface area contributed by atoms with E-state index in [2.05, 4.69) is 22.3 Å². The van der Waals surface area contributed by atoms with Crippen LogP contribution >= 0.6 is 0 Å². The summed E-state index contributed by atoms with van der Waals surface area (Å²) in [6.45, 7) is 2.76. The van der Waals surface area contributed by atoms with E-state index in [1.54, 1.807) is 0 Å². The van der Waals surface area contributed by atoms with Crippen LogP contribution in [0, 0.1) is 11.6 Å². The van der Waals surface area contributed by atoms with Gasteiger partial charge in [-0.2, -0.15) is 0 Å². The molecular weight excluding hydrogens is 298 g/mol. The van der Waals surface area contributed by atoms with E-state index in [-0.39, 0.29) is 0 Å². The van der Waals surface area contributed by atoms with Gasteiger partial charge in [0.1, 0.15) is 17.2 Å².